The molecule has 2 aromatic rings. The highest BCUT2D eigenvalue weighted by Gasteiger charge is 2.46. The van der Waals surface area contributed by atoms with Crippen molar-refractivity contribution in [3.8, 4) is 0 Å². The smallest absolute Gasteiger partial charge is 0.270 e. The number of nitrogens with two attached hydrogens (primary N) is 1. The number of H-pyrrole nitrogens is 1. The zero-order valence-electron chi connectivity index (χ0n) is 18.6. The zero-order chi connectivity index (χ0) is 23.9. The number of hydrogen-bond acceptors (Lipinski definition) is 4. The largest absolute Gasteiger partial charge is 0.368 e. The maximum atomic E-state index is 13.4. The van der Waals surface area contributed by atoms with Crippen molar-refractivity contribution in [3.05, 3.63) is 35.0 Å². The molecule has 2 aliphatic heterocycles. The van der Waals surface area contributed by atoms with E-state index in [-0.39, 0.29) is 24.2 Å². The van der Waals surface area contributed by atoms with E-state index in [0.29, 0.717) is 41.4 Å². The lowest BCUT2D eigenvalue weighted by Gasteiger charge is -2.26. The highest BCUT2D eigenvalue weighted by Crippen LogP contribution is 2.30. The molecule has 2 saturated heterocycles. The molecule has 11 heteroatoms. The van der Waals surface area contributed by atoms with Gasteiger partial charge in [0.05, 0.1) is 18.6 Å². The molecule has 176 valence electrons. The number of nitrogens with zero attached hydrogens (tertiary/aromatic N) is 1. The van der Waals surface area contributed by atoms with Crippen molar-refractivity contribution in [2.24, 2.45) is 11.7 Å². The summed E-state index contributed by atoms with van der Waals surface area (Å²) >= 11 is 6.24. The molecule has 0 saturated carbocycles. The van der Waals surface area contributed by atoms with Crippen LogP contribution in [0.15, 0.2) is 24.3 Å². The van der Waals surface area contributed by atoms with Crippen molar-refractivity contribution < 1.29 is 19.2 Å². The molecule has 4 amide bonds. The molecular formula is C22H28ClN5O4Si. The maximum Gasteiger partial charge on any atom is 0.270 e. The Morgan fingerprint density at radius 3 is 2.73 bits per heavy atom. The van der Waals surface area contributed by atoms with Crippen LogP contribution in [0.25, 0.3) is 10.9 Å². The van der Waals surface area contributed by atoms with Crippen LogP contribution in [-0.4, -0.2) is 66.4 Å². The summed E-state index contributed by atoms with van der Waals surface area (Å²) in [7, 11) is -1.88. The lowest BCUT2D eigenvalue weighted by Crippen LogP contribution is -2.52. The minimum absolute atomic E-state index is 0.140. The second-order valence-electron chi connectivity index (χ2n) is 9.68. The van der Waals surface area contributed by atoms with Gasteiger partial charge in [0, 0.05) is 24.0 Å². The van der Waals surface area contributed by atoms with Gasteiger partial charge in [-0.2, -0.15) is 0 Å². The minimum atomic E-state index is -1.88. The molecule has 33 heavy (non-hydrogen) atoms. The predicted molar refractivity (Wildman–Crippen MR) is 127 cm³/mol. The van der Waals surface area contributed by atoms with Gasteiger partial charge in [-0.1, -0.05) is 36.8 Å². The van der Waals surface area contributed by atoms with E-state index in [2.05, 4.69) is 28.7 Å². The minimum Gasteiger partial charge on any atom is -0.368 e. The molecule has 9 nitrogen and oxygen atoms in total. The lowest BCUT2D eigenvalue weighted by molar-refractivity contribution is -0.130. The van der Waals surface area contributed by atoms with Crippen molar-refractivity contribution >= 4 is 54.2 Å². The number of carbonyl (C=O) groups excluding carboxylic acids is 4. The number of aromatic amines is 1. The fourth-order valence-corrected chi connectivity index (χ4v) is 7.87. The van der Waals surface area contributed by atoms with E-state index in [0.717, 1.165) is 5.39 Å². The van der Waals surface area contributed by atoms with Crippen LogP contribution in [0.3, 0.4) is 0 Å². The number of halogens is 1. The third kappa shape index (κ3) is 4.76. The monoisotopic (exact) mass is 489 g/mol. The van der Waals surface area contributed by atoms with Crippen LogP contribution in [0, 0.1) is 5.92 Å². The van der Waals surface area contributed by atoms with Crippen LogP contribution < -0.4 is 16.4 Å². The van der Waals surface area contributed by atoms with Crippen LogP contribution >= 0.6 is 11.6 Å². The van der Waals surface area contributed by atoms with E-state index in [9.17, 15) is 19.2 Å². The number of carbonyl (C=O) groups is 4. The summed E-state index contributed by atoms with van der Waals surface area (Å²) < 4.78 is 0. The number of fused-ring (bicyclic) bond motifs is 1. The van der Waals surface area contributed by atoms with Gasteiger partial charge in [-0.3, -0.25) is 19.2 Å². The summed E-state index contributed by atoms with van der Waals surface area (Å²) in [6.07, 6.45) is 1.25. The quantitative estimate of drug-likeness (QED) is 0.455. The van der Waals surface area contributed by atoms with Crippen LogP contribution in [0.2, 0.25) is 24.2 Å². The number of primary amides is 1. The lowest BCUT2D eigenvalue weighted by atomic mass is 9.97. The van der Waals surface area contributed by atoms with E-state index < -0.39 is 32.0 Å². The molecule has 0 radical (unpaired) electrons. The second-order valence-corrected chi connectivity index (χ2v) is 15.1. The topological polar surface area (TPSA) is 137 Å². The Kier molecular flexibility index (Phi) is 6.24. The molecule has 2 aliphatic rings. The molecular weight excluding hydrogens is 462 g/mol. The predicted octanol–water partition coefficient (Wildman–Crippen LogP) is 1.39. The first kappa shape index (κ1) is 23.3. The number of aromatic nitrogens is 1. The Hall–Kier alpha value is -2.85. The standard InChI is InChI=1S/C22H28ClN5O4Si/c1-33(2)10-17(21(31)27-15(19(24)29)9-13-6-7-25-20(13)30)28(11-33)22(32)16-8-12-4-3-5-14(23)18(12)26-16/h3-5,8,13,15,17,26H,6-7,9-11H2,1-2H3,(H2,24,29)(H,25,30)(H,27,31)/t13-,15-,17-/m0/s1. The summed E-state index contributed by atoms with van der Waals surface area (Å²) in [5.41, 5.74) is 6.56. The number of rotatable bonds is 6. The molecule has 3 atom stereocenters. The summed E-state index contributed by atoms with van der Waals surface area (Å²) in [6.45, 7) is 4.79. The van der Waals surface area contributed by atoms with Crippen LogP contribution in [0.5, 0.6) is 0 Å². The SMILES string of the molecule is C[Si]1(C)C[C@@H](C(=O)N[C@@H](C[C@@H]2CCNC2=O)C(N)=O)N(C(=O)c2cc3cccc(Cl)c3[nH]2)C1. The number of nitrogens with one attached hydrogen (secondary N) is 3. The molecule has 0 aliphatic carbocycles. The summed E-state index contributed by atoms with van der Waals surface area (Å²) in [5, 5.41) is 6.77. The van der Waals surface area contributed by atoms with E-state index in [1.165, 1.54) is 0 Å². The number of hydrogen-bond donors (Lipinski definition) is 4. The third-order valence-corrected chi connectivity index (χ3v) is 9.47. The first-order valence-electron chi connectivity index (χ1n) is 11.0. The Morgan fingerprint density at radius 1 is 1.33 bits per heavy atom. The Bertz CT molecular complexity index is 1130. The summed E-state index contributed by atoms with van der Waals surface area (Å²) in [6, 6.07) is 6.03. The molecule has 2 fully saturated rings. The highest BCUT2D eigenvalue weighted by atomic mass is 35.5. The average molecular weight is 490 g/mol. The van der Waals surface area contributed by atoms with E-state index >= 15 is 0 Å². The van der Waals surface area contributed by atoms with Gasteiger partial charge in [-0.05, 0) is 31.0 Å². The third-order valence-electron chi connectivity index (χ3n) is 6.46. The Labute approximate surface area is 197 Å². The van der Waals surface area contributed by atoms with Gasteiger partial charge in [-0.15, -0.1) is 0 Å². The van der Waals surface area contributed by atoms with Crippen molar-refractivity contribution in [2.45, 2.75) is 44.1 Å². The van der Waals surface area contributed by atoms with Crippen molar-refractivity contribution in [1.29, 1.82) is 0 Å². The van der Waals surface area contributed by atoms with Gasteiger partial charge in [0.1, 0.15) is 17.8 Å². The van der Waals surface area contributed by atoms with Crippen molar-refractivity contribution in [2.75, 3.05) is 12.7 Å². The van der Waals surface area contributed by atoms with E-state index in [1.807, 2.05) is 12.1 Å². The fraction of sp³-hybridized carbons (Fsp3) is 0.455. The Balaban J connectivity index is 1.54. The van der Waals surface area contributed by atoms with Crippen molar-refractivity contribution in [3.63, 3.8) is 0 Å². The van der Waals surface area contributed by atoms with E-state index in [1.54, 1.807) is 17.0 Å². The first-order chi connectivity index (χ1) is 15.6. The molecule has 3 heterocycles. The number of benzene rings is 1. The van der Waals surface area contributed by atoms with E-state index in [4.69, 9.17) is 17.3 Å². The van der Waals surface area contributed by atoms with Gasteiger partial charge in [0.2, 0.25) is 17.7 Å². The van der Waals surface area contributed by atoms with Crippen molar-refractivity contribution in [1.82, 2.24) is 20.5 Å². The van der Waals surface area contributed by atoms with Gasteiger partial charge in [0.25, 0.3) is 5.91 Å². The number of para-hydroxylation sites is 1. The molecule has 1 aromatic heterocycles. The average Bonchev–Trinajstić information content (AvgIpc) is 3.44. The fourth-order valence-electron chi connectivity index (χ4n) is 4.77. The van der Waals surface area contributed by atoms with Gasteiger partial charge in [0.15, 0.2) is 0 Å². The maximum absolute atomic E-state index is 13.4. The second kappa shape index (κ2) is 8.83. The highest BCUT2D eigenvalue weighted by molar-refractivity contribution is 6.79. The van der Waals surface area contributed by atoms with Crippen LogP contribution in [0.4, 0.5) is 0 Å². The molecule has 0 spiro atoms. The summed E-state index contributed by atoms with van der Waals surface area (Å²) in [4.78, 5) is 55.3. The molecule has 0 bridgehead atoms. The summed E-state index contributed by atoms with van der Waals surface area (Å²) in [5.74, 6) is -1.91. The molecule has 0 unspecified atom stereocenters. The van der Waals surface area contributed by atoms with Gasteiger partial charge >= 0.3 is 0 Å². The van der Waals surface area contributed by atoms with Gasteiger partial charge < -0.3 is 26.3 Å². The molecule has 5 N–H and O–H groups in total. The Morgan fingerprint density at radius 2 is 2.09 bits per heavy atom. The normalized spacial score (nSPS) is 22.9. The molecule has 4 rings (SSSR count). The van der Waals surface area contributed by atoms with Crippen LogP contribution in [-0.2, 0) is 14.4 Å². The van der Waals surface area contributed by atoms with Gasteiger partial charge in [-0.25, -0.2) is 0 Å². The molecule has 1 aromatic carbocycles. The first-order valence-corrected chi connectivity index (χ1v) is 14.8. The zero-order valence-corrected chi connectivity index (χ0v) is 20.4. The number of amides is 4. The van der Waals surface area contributed by atoms with Crippen LogP contribution in [0.1, 0.15) is 23.3 Å².